The Morgan fingerprint density at radius 3 is 2.67 bits per heavy atom. The molecular weight excluding hydrogens is 323 g/mol. The highest BCUT2D eigenvalue weighted by Gasteiger charge is 2.05. The van der Waals surface area contributed by atoms with Crippen LogP contribution in [0.25, 0.3) is 0 Å². The van der Waals surface area contributed by atoms with Gasteiger partial charge in [0.25, 0.3) is 0 Å². The normalized spacial score (nSPS) is 10.3. The molecule has 0 atom stereocenters. The molecule has 24 heavy (non-hydrogen) atoms. The van der Waals surface area contributed by atoms with Gasteiger partial charge < -0.3 is 15.4 Å². The minimum atomic E-state index is -0.324. The van der Waals surface area contributed by atoms with Crippen LogP contribution in [0.3, 0.4) is 0 Å². The van der Waals surface area contributed by atoms with Gasteiger partial charge >= 0.3 is 0 Å². The van der Waals surface area contributed by atoms with Crippen molar-refractivity contribution in [2.24, 2.45) is 0 Å². The Kier molecular flexibility index (Phi) is 6.55. The average molecular weight is 346 g/mol. The number of thiocarbonyl (C=S) groups is 1. The summed E-state index contributed by atoms with van der Waals surface area (Å²) >= 11 is 5.16. The van der Waals surface area contributed by atoms with Crippen LogP contribution < -0.4 is 15.4 Å². The summed E-state index contributed by atoms with van der Waals surface area (Å²) in [7, 11) is 0. The van der Waals surface area contributed by atoms with Gasteiger partial charge in [0.2, 0.25) is 0 Å². The van der Waals surface area contributed by atoms with Crippen molar-refractivity contribution in [2.75, 3.05) is 18.5 Å². The smallest absolute Gasteiger partial charge is 0.170 e. The van der Waals surface area contributed by atoms with Gasteiger partial charge in [0.15, 0.2) is 5.11 Å². The molecule has 0 aromatic heterocycles. The second-order valence-corrected chi connectivity index (χ2v) is 6.18. The van der Waals surface area contributed by atoms with E-state index < -0.39 is 0 Å². The van der Waals surface area contributed by atoms with Crippen LogP contribution in [0.1, 0.15) is 23.1 Å². The average Bonchev–Trinajstić information content (AvgIpc) is 2.53. The van der Waals surface area contributed by atoms with Crippen LogP contribution in [0.5, 0.6) is 5.75 Å². The monoisotopic (exact) mass is 346 g/mol. The van der Waals surface area contributed by atoms with Crippen molar-refractivity contribution >= 4 is 23.0 Å². The molecule has 2 rings (SSSR count). The summed E-state index contributed by atoms with van der Waals surface area (Å²) in [4.78, 5) is 0. The Balaban J connectivity index is 1.72. The van der Waals surface area contributed by atoms with Crippen LogP contribution in [0.4, 0.5) is 10.1 Å². The molecule has 128 valence electrons. The predicted octanol–water partition coefficient (Wildman–Crippen LogP) is 4.51. The Bertz CT molecular complexity index is 719. The van der Waals surface area contributed by atoms with E-state index in [1.54, 1.807) is 18.2 Å². The minimum Gasteiger partial charge on any atom is -0.493 e. The van der Waals surface area contributed by atoms with Gasteiger partial charge in [-0.25, -0.2) is 4.39 Å². The lowest BCUT2D eigenvalue weighted by atomic mass is 10.1. The minimum absolute atomic E-state index is 0.324. The first-order chi connectivity index (χ1) is 11.5. The molecular formula is C19H23FN2OS. The van der Waals surface area contributed by atoms with Gasteiger partial charge in [-0.3, -0.25) is 0 Å². The zero-order valence-corrected chi connectivity index (χ0v) is 15.1. The van der Waals surface area contributed by atoms with Crippen molar-refractivity contribution in [3.63, 3.8) is 0 Å². The molecule has 3 nitrogen and oxygen atoms in total. The van der Waals surface area contributed by atoms with E-state index in [9.17, 15) is 4.39 Å². The zero-order chi connectivity index (χ0) is 17.5. The Hall–Kier alpha value is -2.14. The summed E-state index contributed by atoms with van der Waals surface area (Å²) in [6.45, 7) is 7.47. The molecule has 0 aliphatic rings. The predicted molar refractivity (Wildman–Crippen MR) is 101 cm³/mol. The summed E-state index contributed by atoms with van der Waals surface area (Å²) in [6, 6.07) is 10.6. The Labute approximate surface area is 148 Å². The summed E-state index contributed by atoms with van der Waals surface area (Å²) in [5.74, 6) is 0.606. The summed E-state index contributed by atoms with van der Waals surface area (Å²) in [6.07, 6.45) is 0.797. The molecule has 0 saturated heterocycles. The first kappa shape index (κ1) is 18.2. The van der Waals surface area contributed by atoms with Crippen molar-refractivity contribution in [2.45, 2.75) is 27.2 Å². The van der Waals surface area contributed by atoms with E-state index in [0.717, 1.165) is 12.2 Å². The number of hydrogen-bond donors (Lipinski definition) is 2. The van der Waals surface area contributed by atoms with Gasteiger partial charge in [0.1, 0.15) is 11.6 Å². The number of ether oxygens (including phenoxy) is 1. The number of rotatable bonds is 6. The molecule has 0 spiro atoms. The van der Waals surface area contributed by atoms with Gasteiger partial charge in [0.05, 0.1) is 12.3 Å². The van der Waals surface area contributed by atoms with Crippen LogP contribution in [-0.4, -0.2) is 18.3 Å². The number of para-hydroxylation sites is 1. The van der Waals surface area contributed by atoms with Gasteiger partial charge in [-0.1, -0.05) is 18.2 Å². The highest BCUT2D eigenvalue weighted by atomic mass is 32.1. The van der Waals surface area contributed by atoms with Gasteiger partial charge in [0, 0.05) is 6.54 Å². The zero-order valence-electron chi connectivity index (χ0n) is 14.3. The van der Waals surface area contributed by atoms with Gasteiger partial charge in [-0.05, 0) is 74.3 Å². The number of benzene rings is 2. The largest absolute Gasteiger partial charge is 0.493 e. The summed E-state index contributed by atoms with van der Waals surface area (Å²) in [5.41, 5.74) is 3.97. The molecule has 0 radical (unpaired) electrons. The lowest BCUT2D eigenvalue weighted by Crippen LogP contribution is -2.30. The highest BCUT2D eigenvalue weighted by Crippen LogP contribution is 2.23. The van der Waals surface area contributed by atoms with E-state index >= 15 is 0 Å². The second-order valence-electron chi connectivity index (χ2n) is 5.77. The summed E-state index contributed by atoms with van der Waals surface area (Å²) < 4.78 is 19.4. The first-order valence-electron chi connectivity index (χ1n) is 7.97. The van der Waals surface area contributed by atoms with Crippen molar-refractivity contribution < 1.29 is 9.13 Å². The molecule has 0 unspecified atom stereocenters. The molecule has 2 aromatic carbocycles. The molecule has 0 bridgehead atoms. The molecule has 0 fully saturated rings. The van der Waals surface area contributed by atoms with E-state index in [0.29, 0.717) is 24.0 Å². The number of hydrogen-bond acceptors (Lipinski definition) is 2. The maximum absolute atomic E-state index is 13.5. The SMILES string of the molecule is Cc1cc(C)c(C)c(OCCCNC(=S)Nc2ccccc2F)c1. The van der Waals surface area contributed by atoms with Crippen molar-refractivity contribution in [1.82, 2.24) is 5.32 Å². The molecule has 0 aliphatic carbocycles. The topological polar surface area (TPSA) is 33.3 Å². The van der Waals surface area contributed by atoms with Crippen molar-refractivity contribution in [3.05, 3.63) is 58.9 Å². The molecule has 0 saturated carbocycles. The summed E-state index contributed by atoms with van der Waals surface area (Å²) in [5, 5.41) is 6.31. The standard InChI is InChI=1S/C19H23FN2OS/c1-13-11-14(2)15(3)18(12-13)23-10-6-9-21-19(24)22-17-8-5-4-7-16(17)20/h4-5,7-8,11-12H,6,9-10H2,1-3H3,(H2,21,22,24). The van der Waals surface area contributed by atoms with E-state index in [4.69, 9.17) is 17.0 Å². The van der Waals surface area contributed by atoms with Crippen LogP contribution >= 0.6 is 12.2 Å². The molecule has 5 heteroatoms. The number of aryl methyl sites for hydroxylation is 2. The maximum atomic E-state index is 13.5. The van der Waals surface area contributed by atoms with E-state index in [-0.39, 0.29) is 5.82 Å². The van der Waals surface area contributed by atoms with E-state index in [1.807, 2.05) is 0 Å². The lowest BCUT2D eigenvalue weighted by molar-refractivity contribution is 0.309. The van der Waals surface area contributed by atoms with E-state index in [2.05, 4.69) is 43.5 Å². The van der Waals surface area contributed by atoms with Crippen molar-refractivity contribution in [3.8, 4) is 5.75 Å². The third-order valence-corrected chi connectivity index (χ3v) is 4.00. The fraction of sp³-hybridized carbons (Fsp3) is 0.316. The van der Waals surface area contributed by atoms with E-state index in [1.165, 1.54) is 22.8 Å². The molecule has 2 aromatic rings. The fourth-order valence-corrected chi connectivity index (χ4v) is 2.55. The fourth-order valence-electron chi connectivity index (χ4n) is 2.34. The maximum Gasteiger partial charge on any atom is 0.170 e. The van der Waals surface area contributed by atoms with Crippen LogP contribution in [0.2, 0.25) is 0 Å². The molecule has 0 aliphatic heterocycles. The first-order valence-corrected chi connectivity index (χ1v) is 8.38. The van der Waals surface area contributed by atoms with Crippen LogP contribution in [0, 0.1) is 26.6 Å². The Morgan fingerprint density at radius 2 is 1.92 bits per heavy atom. The molecule has 0 amide bonds. The second kappa shape index (κ2) is 8.64. The Morgan fingerprint density at radius 1 is 1.17 bits per heavy atom. The van der Waals surface area contributed by atoms with Crippen LogP contribution in [0.15, 0.2) is 36.4 Å². The molecule has 2 N–H and O–H groups in total. The highest BCUT2D eigenvalue weighted by molar-refractivity contribution is 7.80. The lowest BCUT2D eigenvalue weighted by Gasteiger charge is -2.13. The van der Waals surface area contributed by atoms with Gasteiger partial charge in [-0.2, -0.15) is 0 Å². The number of nitrogens with one attached hydrogen (secondary N) is 2. The third-order valence-electron chi connectivity index (χ3n) is 3.75. The quantitative estimate of drug-likeness (QED) is 0.596. The van der Waals surface area contributed by atoms with Crippen molar-refractivity contribution in [1.29, 1.82) is 0 Å². The van der Waals surface area contributed by atoms with Gasteiger partial charge in [-0.15, -0.1) is 0 Å². The third kappa shape index (κ3) is 5.20. The van der Waals surface area contributed by atoms with Crippen LogP contribution in [-0.2, 0) is 0 Å². The molecule has 0 heterocycles. The number of anilines is 1. The number of halogens is 1.